The third kappa shape index (κ3) is 4.03. The van der Waals surface area contributed by atoms with Gasteiger partial charge in [-0.2, -0.15) is 13.2 Å². The quantitative estimate of drug-likeness (QED) is 0.522. The molecule has 4 aromatic rings. The second kappa shape index (κ2) is 7.27. The van der Waals surface area contributed by atoms with Crippen LogP contribution in [0.15, 0.2) is 73.2 Å². The third-order valence-corrected chi connectivity index (χ3v) is 4.14. The molecule has 0 aliphatic heterocycles. The summed E-state index contributed by atoms with van der Waals surface area (Å²) in [7, 11) is 0. The number of hydrogen-bond donors (Lipinski definition) is 2. The van der Waals surface area contributed by atoms with Crippen LogP contribution >= 0.6 is 0 Å². The molecule has 0 bridgehead atoms. The zero-order valence-corrected chi connectivity index (χ0v) is 14.8. The van der Waals surface area contributed by atoms with Crippen LogP contribution in [0.3, 0.4) is 0 Å². The molecule has 29 heavy (non-hydrogen) atoms. The van der Waals surface area contributed by atoms with Gasteiger partial charge in [-0.05, 0) is 48.5 Å². The van der Waals surface area contributed by atoms with E-state index in [9.17, 15) is 18.0 Å². The number of rotatable bonds is 4. The molecular formula is C20H14F3N5O. The standard InChI is InChI=1S/C20H14F3N5O/c21-20(22,23)16-12-28-17(2-1-3-18(28)27-16)25-14-4-6-15(7-5-14)26-19(29)13-8-10-24-11-9-13/h1-12,25H,(H,26,29). The first-order valence-corrected chi connectivity index (χ1v) is 8.54. The smallest absolute Gasteiger partial charge is 0.341 e. The van der Waals surface area contributed by atoms with Crippen LogP contribution in [-0.2, 0) is 6.18 Å². The van der Waals surface area contributed by atoms with E-state index in [1.807, 2.05) is 0 Å². The van der Waals surface area contributed by atoms with Gasteiger partial charge in [-0.3, -0.25) is 14.2 Å². The van der Waals surface area contributed by atoms with Crippen molar-refractivity contribution in [3.8, 4) is 0 Å². The molecule has 2 N–H and O–H groups in total. The summed E-state index contributed by atoms with van der Waals surface area (Å²) in [4.78, 5) is 19.6. The molecule has 0 saturated heterocycles. The molecule has 1 aromatic carbocycles. The van der Waals surface area contributed by atoms with Crippen molar-refractivity contribution < 1.29 is 18.0 Å². The van der Waals surface area contributed by atoms with E-state index in [1.165, 1.54) is 22.9 Å². The van der Waals surface area contributed by atoms with Gasteiger partial charge in [-0.25, -0.2) is 4.98 Å². The minimum Gasteiger partial charge on any atom is -0.341 e. The van der Waals surface area contributed by atoms with Crippen LogP contribution in [0.2, 0.25) is 0 Å². The Kier molecular flexibility index (Phi) is 4.63. The Morgan fingerprint density at radius 1 is 0.931 bits per heavy atom. The van der Waals surface area contributed by atoms with Crippen molar-refractivity contribution in [1.29, 1.82) is 0 Å². The minimum absolute atomic E-state index is 0.184. The largest absolute Gasteiger partial charge is 0.434 e. The highest BCUT2D eigenvalue weighted by Gasteiger charge is 2.34. The van der Waals surface area contributed by atoms with Crippen LogP contribution in [0.5, 0.6) is 0 Å². The summed E-state index contributed by atoms with van der Waals surface area (Å²) in [6.07, 6.45) is -0.509. The number of benzene rings is 1. The Hall–Kier alpha value is -3.88. The average molecular weight is 397 g/mol. The minimum atomic E-state index is -4.52. The molecule has 0 aliphatic carbocycles. The van der Waals surface area contributed by atoms with Crippen molar-refractivity contribution in [2.75, 3.05) is 10.6 Å². The van der Waals surface area contributed by atoms with Gasteiger partial charge in [0.2, 0.25) is 0 Å². The van der Waals surface area contributed by atoms with Gasteiger partial charge in [0.15, 0.2) is 5.69 Å². The SMILES string of the molecule is O=C(Nc1ccc(Nc2cccc3nc(C(F)(F)F)cn23)cc1)c1ccncc1. The number of nitrogens with one attached hydrogen (secondary N) is 2. The van der Waals surface area contributed by atoms with Crippen molar-refractivity contribution in [2.24, 2.45) is 0 Å². The van der Waals surface area contributed by atoms with Crippen LogP contribution in [0, 0.1) is 0 Å². The summed E-state index contributed by atoms with van der Waals surface area (Å²) in [6.45, 7) is 0. The number of fused-ring (bicyclic) bond motifs is 1. The van der Waals surface area contributed by atoms with Gasteiger partial charge in [-0.1, -0.05) is 6.07 Å². The second-order valence-electron chi connectivity index (χ2n) is 6.16. The van der Waals surface area contributed by atoms with E-state index in [0.717, 1.165) is 6.20 Å². The molecule has 0 radical (unpaired) electrons. The van der Waals surface area contributed by atoms with Crippen molar-refractivity contribution in [2.45, 2.75) is 6.18 Å². The number of hydrogen-bond acceptors (Lipinski definition) is 4. The number of nitrogens with zero attached hydrogens (tertiary/aromatic N) is 3. The maximum absolute atomic E-state index is 12.9. The first kappa shape index (κ1) is 18.5. The monoisotopic (exact) mass is 397 g/mol. The number of imidazole rings is 1. The predicted molar refractivity (Wildman–Crippen MR) is 102 cm³/mol. The Bertz CT molecular complexity index is 1150. The number of alkyl halides is 3. The fraction of sp³-hybridized carbons (Fsp3) is 0.0500. The highest BCUT2D eigenvalue weighted by Crippen LogP contribution is 2.30. The number of amides is 1. The summed E-state index contributed by atoms with van der Waals surface area (Å²) in [5.74, 6) is 0.162. The molecule has 0 fully saturated rings. The fourth-order valence-electron chi connectivity index (χ4n) is 2.74. The molecule has 9 heteroatoms. The molecule has 0 unspecified atom stereocenters. The van der Waals surface area contributed by atoms with Crippen LogP contribution in [0.1, 0.15) is 16.1 Å². The average Bonchev–Trinajstić information content (AvgIpc) is 3.16. The zero-order valence-electron chi connectivity index (χ0n) is 14.8. The Morgan fingerprint density at radius 2 is 1.62 bits per heavy atom. The van der Waals surface area contributed by atoms with Crippen molar-refractivity contribution in [3.63, 3.8) is 0 Å². The highest BCUT2D eigenvalue weighted by molar-refractivity contribution is 6.04. The summed E-state index contributed by atoms with van der Waals surface area (Å²) in [5, 5.41) is 5.82. The first-order chi connectivity index (χ1) is 13.9. The van der Waals surface area contributed by atoms with Gasteiger partial charge < -0.3 is 10.6 Å². The topological polar surface area (TPSA) is 71.3 Å². The van der Waals surface area contributed by atoms with Crippen molar-refractivity contribution >= 4 is 28.7 Å². The number of aromatic nitrogens is 3. The molecule has 1 amide bonds. The third-order valence-electron chi connectivity index (χ3n) is 4.14. The molecule has 6 nitrogen and oxygen atoms in total. The van der Waals surface area contributed by atoms with Gasteiger partial charge in [-0.15, -0.1) is 0 Å². The van der Waals surface area contributed by atoms with E-state index < -0.39 is 11.9 Å². The number of anilines is 3. The van der Waals surface area contributed by atoms with Crippen molar-refractivity contribution in [1.82, 2.24) is 14.4 Å². The number of pyridine rings is 2. The number of halogens is 3. The van der Waals surface area contributed by atoms with E-state index in [2.05, 4.69) is 20.6 Å². The zero-order chi connectivity index (χ0) is 20.4. The second-order valence-corrected chi connectivity index (χ2v) is 6.16. The molecule has 4 rings (SSSR count). The Balaban J connectivity index is 1.52. The fourth-order valence-corrected chi connectivity index (χ4v) is 2.74. The van der Waals surface area contributed by atoms with Gasteiger partial charge in [0.25, 0.3) is 5.91 Å². The molecule has 3 aromatic heterocycles. The normalized spacial score (nSPS) is 11.4. The Morgan fingerprint density at radius 3 is 2.31 bits per heavy atom. The molecule has 0 aliphatic rings. The number of carbonyl (C=O) groups is 1. The molecule has 0 atom stereocenters. The summed E-state index contributed by atoms with van der Waals surface area (Å²) in [6, 6.07) is 14.8. The van der Waals surface area contributed by atoms with Crippen molar-refractivity contribution in [3.05, 3.63) is 84.4 Å². The maximum atomic E-state index is 12.9. The lowest BCUT2D eigenvalue weighted by molar-refractivity contribution is -0.140. The first-order valence-electron chi connectivity index (χ1n) is 8.54. The molecule has 146 valence electrons. The van der Waals surface area contributed by atoms with E-state index in [4.69, 9.17) is 0 Å². The highest BCUT2D eigenvalue weighted by atomic mass is 19.4. The Labute approximate surface area is 163 Å². The lowest BCUT2D eigenvalue weighted by Crippen LogP contribution is -2.11. The number of carbonyl (C=O) groups excluding carboxylic acids is 1. The van der Waals surface area contributed by atoms with Gasteiger partial charge in [0, 0.05) is 35.5 Å². The van der Waals surface area contributed by atoms with Crippen LogP contribution in [0.4, 0.5) is 30.4 Å². The van der Waals surface area contributed by atoms with Crippen LogP contribution in [0.25, 0.3) is 5.65 Å². The molecule has 3 heterocycles. The van der Waals surface area contributed by atoms with Crippen LogP contribution < -0.4 is 10.6 Å². The van der Waals surface area contributed by atoms with E-state index in [0.29, 0.717) is 22.8 Å². The molecule has 0 spiro atoms. The predicted octanol–water partition coefficient (Wildman–Crippen LogP) is 4.74. The maximum Gasteiger partial charge on any atom is 0.434 e. The van der Waals surface area contributed by atoms with Gasteiger partial charge in [0.1, 0.15) is 11.5 Å². The van der Waals surface area contributed by atoms with E-state index in [1.54, 1.807) is 48.5 Å². The molecular weight excluding hydrogens is 383 g/mol. The summed E-state index contributed by atoms with van der Waals surface area (Å²) >= 11 is 0. The summed E-state index contributed by atoms with van der Waals surface area (Å²) in [5.41, 5.74) is 0.929. The summed E-state index contributed by atoms with van der Waals surface area (Å²) < 4.78 is 40.1. The molecule has 0 saturated carbocycles. The van der Waals surface area contributed by atoms with Gasteiger partial charge in [0.05, 0.1) is 0 Å². The van der Waals surface area contributed by atoms with Crippen LogP contribution in [-0.4, -0.2) is 20.3 Å². The lowest BCUT2D eigenvalue weighted by Gasteiger charge is -2.10. The lowest BCUT2D eigenvalue weighted by atomic mass is 10.2. The van der Waals surface area contributed by atoms with E-state index >= 15 is 0 Å². The van der Waals surface area contributed by atoms with E-state index in [-0.39, 0.29) is 11.6 Å². The van der Waals surface area contributed by atoms with Gasteiger partial charge >= 0.3 is 6.18 Å².